The van der Waals surface area contributed by atoms with Crippen LogP contribution in [0.2, 0.25) is 0 Å². The summed E-state index contributed by atoms with van der Waals surface area (Å²) in [6.45, 7) is 6.42. The van der Waals surface area contributed by atoms with Crippen molar-refractivity contribution >= 4 is 23.2 Å². The molecule has 1 aliphatic carbocycles. The Bertz CT molecular complexity index is 811. The van der Waals surface area contributed by atoms with Gasteiger partial charge in [0.15, 0.2) is 0 Å². The third-order valence-electron chi connectivity index (χ3n) is 4.62. The summed E-state index contributed by atoms with van der Waals surface area (Å²) in [5.74, 6) is -0.193. The van der Waals surface area contributed by atoms with E-state index < -0.39 is 0 Å². The van der Waals surface area contributed by atoms with E-state index in [0.29, 0.717) is 17.3 Å². The molecule has 2 aromatic carbocycles. The van der Waals surface area contributed by atoms with Gasteiger partial charge in [-0.15, -0.1) is 0 Å². The summed E-state index contributed by atoms with van der Waals surface area (Å²) in [5.41, 5.74) is 3.41. The van der Waals surface area contributed by atoms with Gasteiger partial charge in [0.25, 0.3) is 5.91 Å². The van der Waals surface area contributed by atoms with Gasteiger partial charge in [0, 0.05) is 29.0 Å². The number of carbonyl (C=O) groups is 2. The minimum atomic E-state index is -0.107. The second-order valence-corrected chi connectivity index (χ2v) is 7.43. The highest BCUT2D eigenvalue weighted by Gasteiger charge is 2.24. The smallest absolute Gasteiger partial charge is 0.251 e. The first-order valence-corrected chi connectivity index (χ1v) is 9.46. The molecule has 2 aromatic rings. The van der Waals surface area contributed by atoms with E-state index in [1.54, 1.807) is 24.3 Å². The number of anilines is 2. The first-order valence-electron chi connectivity index (χ1n) is 9.46. The average Bonchev–Trinajstić information content (AvgIpc) is 3.44. The van der Waals surface area contributed by atoms with E-state index in [2.05, 4.69) is 29.4 Å². The maximum Gasteiger partial charge on any atom is 0.251 e. The van der Waals surface area contributed by atoms with Gasteiger partial charge in [0.05, 0.1) is 6.54 Å². The van der Waals surface area contributed by atoms with Crippen molar-refractivity contribution in [2.75, 3.05) is 16.8 Å². The summed E-state index contributed by atoms with van der Waals surface area (Å²) in [6, 6.07) is 15.7. The zero-order chi connectivity index (χ0) is 19.4. The molecule has 0 unspecified atom stereocenters. The number of carbonyl (C=O) groups excluding carboxylic acids is 2. The summed E-state index contributed by atoms with van der Waals surface area (Å²) >= 11 is 0. The summed E-state index contributed by atoms with van der Waals surface area (Å²) < 4.78 is 0. The van der Waals surface area contributed by atoms with E-state index in [0.717, 1.165) is 18.5 Å². The van der Waals surface area contributed by atoms with Crippen LogP contribution in [0.15, 0.2) is 48.5 Å². The van der Waals surface area contributed by atoms with Gasteiger partial charge in [-0.1, -0.05) is 23.8 Å². The lowest BCUT2D eigenvalue weighted by Gasteiger charge is -2.28. The maximum absolute atomic E-state index is 12.6. The molecule has 3 rings (SSSR count). The van der Waals surface area contributed by atoms with Gasteiger partial charge in [0.2, 0.25) is 5.91 Å². The minimum absolute atomic E-state index is 0.0861. The van der Waals surface area contributed by atoms with Gasteiger partial charge in [-0.25, -0.2) is 0 Å². The molecule has 0 atom stereocenters. The first-order chi connectivity index (χ1) is 12.9. The van der Waals surface area contributed by atoms with Crippen LogP contribution in [0.5, 0.6) is 0 Å². The Morgan fingerprint density at radius 3 is 2.44 bits per heavy atom. The average molecular weight is 365 g/mol. The van der Waals surface area contributed by atoms with E-state index >= 15 is 0 Å². The predicted molar refractivity (Wildman–Crippen MR) is 109 cm³/mol. The highest BCUT2D eigenvalue weighted by atomic mass is 16.2. The number of rotatable bonds is 7. The van der Waals surface area contributed by atoms with Crippen molar-refractivity contribution in [1.29, 1.82) is 0 Å². The van der Waals surface area contributed by atoms with Crippen LogP contribution in [-0.4, -0.2) is 30.4 Å². The topological polar surface area (TPSA) is 61.4 Å². The Kier molecular flexibility index (Phi) is 5.79. The Hall–Kier alpha value is -2.82. The van der Waals surface area contributed by atoms with Crippen LogP contribution in [0.4, 0.5) is 11.4 Å². The maximum atomic E-state index is 12.6. The summed E-state index contributed by atoms with van der Waals surface area (Å²) in [4.78, 5) is 26.8. The van der Waals surface area contributed by atoms with Gasteiger partial charge in [-0.05, 0) is 63.9 Å². The fourth-order valence-corrected chi connectivity index (χ4v) is 2.90. The molecule has 1 saturated carbocycles. The lowest BCUT2D eigenvalue weighted by Crippen LogP contribution is -2.38. The van der Waals surface area contributed by atoms with Crippen LogP contribution >= 0.6 is 0 Å². The highest BCUT2D eigenvalue weighted by molar-refractivity contribution is 5.98. The molecule has 2 N–H and O–H groups in total. The Morgan fingerprint density at radius 2 is 1.81 bits per heavy atom. The van der Waals surface area contributed by atoms with Gasteiger partial charge in [-0.2, -0.15) is 0 Å². The van der Waals surface area contributed by atoms with Gasteiger partial charge < -0.3 is 15.5 Å². The lowest BCUT2D eigenvalue weighted by molar-refractivity contribution is -0.115. The molecule has 0 heterocycles. The fourth-order valence-electron chi connectivity index (χ4n) is 2.90. The molecule has 142 valence electrons. The largest absolute Gasteiger partial charge is 0.360 e. The molecule has 5 nitrogen and oxygen atoms in total. The summed E-state index contributed by atoms with van der Waals surface area (Å²) in [5, 5.41) is 5.88. The lowest BCUT2D eigenvalue weighted by atomic mass is 10.1. The van der Waals surface area contributed by atoms with Gasteiger partial charge >= 0.3 is 0 Å². The zero-order valence-electron chi connectivity index (χ0n) is 16.2. The number of hydrogen-bond donors (Lipinski definition) is 2. The van der Waals surface area contributed by atoms with E-state index in [1.807, 2.05) is 31.2 Å². The number of nitrogens with zero attached hydrogens (tertiary/aromatic N) is 1. The van der Waals surface area contributed by atoms with E-state index in [-0.39, 0.29) is 24.4 Å². The third kappa shape index (κ3) is 5.33. The molecular formula is C22H27N3O2. The molecule has 0 bridgehead atoms. The number of benzene rings is 2. The van der Waals surface area contributed by atoms with E-state index in [1.165, 1.54) is 5.56 Å². The van der Waals surface area contributed by atoms with E-state index in [9.17, 15) is 9.59 Å². The van der Waals surface area contributed by atoms with Crippen molar-refractivity contribution in [3.63, 3.8) is 0 Å². The van der Waals surface area contributed by atoms with Crippen LogP contribution in [0.1, 0.15) is 42.6 Å². The molecular weight excluding hydrogens is 338 g/mol. The first kappa shape index (κ1) is 19.0. The SMILES string of the molecule is Cc1ccc(N(CC(=O)Nc2cccc(C(=O)NC3CC3)c2)C(C)C)cc1. The van der Waals surface area contributed by atoms with Crippen LogP contribution in [0.25, 0.3) is 0 Å². The van der Waals surface area contributed by atoms with Crippen LogP contribution in [-0.2, 0) is 4.79 Å². The van der Waals surface area contributed by atoms with Crippen LogP contribution in [0.3, 0.4) is 0 Å². The Labute approximate surface area is 160 Å². The van der Waals surface area contributed by atoms with Crippen LogP contribution in [0, 0.1) is 6.92 Å². The molecule has 1 aliphatic rings. The van der Waals surface area contributed by atoms with Gasteiger partial charge in [-0.3, -0.25) is 9.59 Å². The molecule has 1 fully saturated rings. The quantitative estimate of drug-likeness (QED) is 0.786. The normalized spacial score (nSPS) is 13.3. The number of nitrogens with one attached hydrogen (secondary N) is 2. The van der Waals surface area contributed by atoms with Crippen molar-refractivity contribution in [2.45, 2.75) is 45.7 Å². The van der Waals surface area contributed by atoms with Crippen molar-refractivity contribution in [3.05, 3.63) is 59.7 Å². The number of hydrogen-bond acceptors (Lipinski definition) is 3. The molecule has 0 saturated heterocycles. The summed E-state index contributed by atoms with van der Waals surface area (Å²) in [6.07, 6.45) is 2.10. The van der Waals surface area contributed by atoms with Gasteiger partial charge in [0.1, 0.15) is 0 Å². The third-order valence-corrected chi connectivity index (χ3v) is 4.62. The Morgan fingerprint density at radius 1 is 1.11 bits per heavy atom. The standard InChI is InChI=1S/C22H27N3O2/c1-15(2)25(20-11-7-16(3)8-12-20)14-21(26)23-19-6-4-5-17(13-19)22(27)24-18-9-10-18/h4-8,11-13,15,18H,9-10,14H2,1-3H3,(H,23,26)(H,24,27). The Balaban J connectivity index is 1.65. The molecule has 0 aromatic heterocycles. The highest BCUT2D eigenvalue weighted by Crippen LogP contribution is 2.20. The number of aryl methyl sites for hydroxylation is 1. The van der Waals surface area contributed by atoms with Crippen molar-refractivity contribution in [1.82, 2.24) is 5.32 Å². The molecule has 2 amide bonds. The molecule has 0 aliphatic heterocycles. The van der Waals surface area contributed by atoms with Crippen LogP contribution < -0.4 is 15.5 Å². The number of amides is 2. The van der Waals surface area contributed by atoms with E-state index in [4.69, 9.17) is 0 Å². The summed E-state index contributed by atoms with van der Waals surface area (Å²) in [7, 11) is 0. The second kappa shape index (κ2) is 8.25. The monoisotopic (exact) mass is 365 g/mol. The zero-order valence-corrected chi connectivity index (χ0v) is 16.2. The van der Waals surface area contributed by atoms with Crippen molar-refractivity contribution < 1.29 is 9.59 Å². The minimum Gasteiger partial charge on any atom is -0.360 e. The molecule has 27 heavy (non-hydrogen) atoms. The fraction of sp³-hybridized carbons (Fsp3) is 0.364. The second-order valence-electron chi connectivity index (χ2n) is 7.43. The molecule has 0 radical (unpaired) electrons. The van der Waals surface area contributed by atoms with Crippen molar-refractivity contribution in [2.24, 2.45) is 0 Å². The predicted octanol–water partition coefficient (Wildman–Crippen LogP) is 3.74. The molecule has 5 heteroatoms. The molecule has 0 spiro atoms. The van der Waals surface area contributed by atoms with Crippen molar-refractivity contribution in [3.8, 4) is 0 Å².